The van der Waals surface area contributed by atoms with Crippen LogP contribution in [0.15, 0.2) is 24.3 Å². The molecule has 0 radical (unpaired) electrons. The Morgan fingerprint density at radius 3 is 2.78 bits per heavy atom. The fourth-order valence-corrected chi connectivity index (χ4v) is 2.78. The van der Waals surface area contributed by atoms with E-state index in [2.05, 4.69) is 5.32 Å². The molecule has 1 aliphatic rings. The monoisotopic (exact) mass is 349 g/mol. The van der Waals surface area contributed by atoms with Gasteiger partial charge in [0.05, 0.1) is 6.54 Å². The van der Waals surface area contributed by atoms with Crippen molar-refractivity contribution in [2.75, 3.05) is 26.7 Å². The van der Waals surface area contributed by atoms with E-state index in [1.165, 1.54) is 9.80 Å². The van der Waals surface area contributed by atoms with Crippen LogP contribution in [0, 0.1) is 0 Å². The third-order valence-corrected chi connectivity index (χ3v) is 4.08. The molecular formula is C15H19ClF3N3O. The number of benzene rings is 1. The van der Waals surface area contributed by atoms with E-state index < -0.39 is 12.7 Å². The van der Waals surface area contributed by atoms with E-state index in [1.807, 2.05) is 12.1 Å². The van der Waals surface area contributed by atoms with Crippen molar-refractivity contribution in [2.45, 2.75) is 25.2 Å². The number of amides is 2. The maximum absolute atomic E-state index is 12.4. The predicted molar refractivity (Wildman–Crippen MR) is 82.4 cm³/mol. The summed E-state index contributed by atoms with van der Waals surface area (Å²) < 4.78 is 37.1. The number of urea groups is 1. The van der Waals surface area contributed by atoms with Crippen molar-refractivity contribution in [3.8, 4) is 0 Å². The van der Waals surface area contributed by atoms with E-state index >= 15 is 0 Å². The first-order valence-corrected chi connectivity index (χ1v) is 7.66. The molecule has 1 fully saturated rings. The minimum Gasteiger partial charge on any atom is -0.334 e. The standard InChI is InChI=1S/C15H19ClF3N3O/c1-21(8-11-4-2-3-5-13(11)16)14(23)20-12-6-7-22(9-12)10-15(17,18)19/h2-5,12H,6-10H2,1H3,(H,20,23). The Morgan fingerprint density at radius 1 is 1.43 bits per heavy atom. The third kappa shape index (κ3) is 5.58. The number of alkyl halides is 3. The van der Waals surface area contributed by atoms with Crippen molar-refractivity contribution >= 4 is 17.6 Å². The minimum atomic E-state index is -4.21. The minimum absolute atomic E-state index is 0.213. The van der Waals surface area contributed by atoms with E-state index in [0.29, 0.717) is 24.5 Å². The van der Waals surface area contributed by atoms with Gasteiger partial charge in [0.2, 0.25) is 0 Å². The van der Waals surface area contributed by atoms with Crippen molar-refractivity contribution in [1.29, 1.82) is 0 Å². The summed E-state index contributed by atoms with van der Waals surface area (Å²) in [5.74, 6) is 0. The Bertz CT molecular complexity index is 553. The summed E-state index contributed by atoms with van der Waals surface area (Å²) in [7, 11) is 1.63. The number of rotatable bonds is 4. The molecule has 1 unspecified atom stereocenters. The number of carbonyl (C=O) groups is 1. The lowest BCUT2D eigenvalue weighted by atomic mass is 10.2. The second-order valence-corrected chi connectivity index (χ2v) is 6.14. The zero-order chi connectivity index (χ0) is 17.0. The Morgan fingerprint density at radius 2 is 2.13 bits per heavy atom. The summed E-state index contributed by atoms with van der Waals surface area (Å²) in [6, 6.07) is 6.63. The molecule has 1 aromatic carbocycles. The van der Waals surface area contributed by atoms with Gasteiger partial charge in [0, 0.05) is 37.7 Å². The van der Waals surface area contributed by atoms with E-state index in [-0.39, 0.29) is 18.6 Å². The average Bonchev–Trinajstić information content (AvgIpc) is 2.86. The molecule has 0 saturated carbocycles. The van der Waals surface area contributed by atoms with Crippen LogP contribution in [0.5, 0.6) is 0 Å². The van der Waals surface area contributed by atoms with Crippen LogP contribution in [0.3, 0.4) is 0 Å². The van der Waals surface area contributed by atoms with Crippen molar-refractivity contribution in [2.24, 2.45) is 0 Å². The molecule has 1 atom stereocenters. The summed E-state index contributed by atoms with van der Waals surface area (Å²) in [6.45, 7) is -0.0524. The number of hydrogen-bond acceptors (Lipinski definition) is 2. The van der Waals surface area contributed by atoms with Crippen molar-refractivity contribution < 1.29 is 18.0 Å². The second kappa shape index (κ2) is 7.40. The van der Waals surface area contributed by atoms with Gasteiger partial charge in [-0.25, -0.2) is 4.79 Å². The smallest absolute Gasteiger partial charge is 0.334 e. The fourth-order valence-electron chi connectivity index (χ4n) is 2.59. The van der Waals surface area contributed by atoms with Gasteiger partial charge >= 0.3 is 12.2 Å². The fraction of sp³-hybridized carbons (Fsp3) is 0.533. The lowest BCUT2D eigenvalue weighted by Crippen LogP contribution is -2.44. The molecule has 1 aliphatic heterocycles. The van der Waals surface area contributed by atoms with E-state index in [4.69, 9.17) is 11.6 Å². The summed E-state index contributed by atoms with van der Waals surface area (Å²) in [5.41, 5.74) is 0.817. The molecule has 4 nitrogen and oxygen atoms in total. The Kier molecular flexibility index (Phi) is 5.75. The zero-order valence-corrected chi connectivity index (χ0v) is 13.5. The van der Waals surface area contributed by atoms with Gasteiger partial charge in [0.15, 0.2) is 0 Å². The van der Waals surface area contributed by atoms with Crippen LogP contribution in [0.4, 0.5) is 18.0 Å². The maximum atomic E-state index is 12.4. The molecule has 128 valence electrons. The van der Waals surface area contributed by atoms with Gasteiger partial charge in [-0.1, -0.05) is 29.8 Å². The van der Waals surface area contributed by atoms with Crippen LogP contribution < -0.4 is 5.32 Å². The number of halogens is 4. The number of likely N-dealkylation sites (tertiary alicyclic amines) is 1. The molecular weight excluding hydrogens is 331 g/mol. The first kappa shape index (κ1) is 17.9. The molecule has 0 spiro atoms. The molecule has 0 aromatic heterocycles. The molecule has 2 rings (SSSR count). The largest absolute Gasteiger partial charge is 0.401 e. The second-order valence-electron chi connectivity index (χ2n) is 5.73. The van der Waals surface area contributed by atoms with Crippen molar-refractivity contribution in [3.05, 3.63) is 34.9 Å². The van der Waals surface area contributed by atoms with E-state index in [9.17, 15) is 18.0 Å². The van der Waals surface area contributed by atoms with Gasteiger partial charge in [-0.15, -0.1) is 0 Å². The summed E-state index contributed by atoms with van der Waals surface area (Å²) in [5, 5.41) is 3.34. The van der Waals surface area contributed by atoms with Crippen molar-refractivity contribution in [1.82, 2.24) is 15.1 Å². The van der Waals surface area contributed by atoms with Crippen LogP contribution >= 0.6 is 11.6 Å². The molecule has 23 heavy (non-hydrogen) atoms. The quantitative estimate of drug-likeness (QED) is 0.906. The van der Waals surface area contributed by atoms with Gasteiger partial charge in [-0.3, -0.25) is 4.90 Å². The Balaban J connectivity index is 1.82. The first-order chi connectivity index (χ1) is 10.7. The number of hydrogen-bond donors (Lipinski definition) is 1. The summed E-state index contributed by atoms with van der Waals surface area (Å²) in [6.07, 6.45) is -3.69. The van der Waals surface area contributed by atoms with Gasteiger partial charge in [0.25, 0.3) is 0 Å². The first-order valence-electron chi connectivity index (χ1n) is 7.29. The molecule has 2 amide bonds. The highest BCUT2D eigenvalue weighted by Crippen LogP contribution is 2.20. The Labute approximate surface area is 138 Å². The molecule has 1 saturated heterocycles. The van der Waals surface area contributed by atoms with Crippen LogP contribution in [0.25, 0.3) is 0 Å². The molecule has 1 N–H and O–H groups in total. The third-order valence-electron chi connectivity index (χ3n) is 3.71. The van der Waals surface area contributed by atoms with Crippen molar-refractivity contribution in [3.63, 3.8) is 0 Å². The van der Waals surface area contributed by atoms with E-state index in [0.717, 1.165) is 5.56 Å². The Hall–Kier alpha value is -1.47. The van der Waals surface area contributed by atoms with Crippen LogP contribution in [-0.2, 0) is 6.54 Å². The van der Waals surface area contributed by atoms with Gasteiger partial charge < -0.3 is 10.2 Å². The van der Waals surface area contributed by atoms with Crippen LogP contribution in [-0.4, -0.2) is 54.7 Å². The highest BCUT2D eigenvalue weighted by molar-refractivity contribution is 6.31. The lowest BCUT2D eigenvalue weighted by Gasteiger charge is -2.22. The molecule has 1 aromatic rings. The van der Waals surface area contributed by atoms with Crippen LogP contribution in [0.2, 0.25) is 5.02 Å². The zero-order valence-electron chi connectivity index (χ0n) is 12.7. The van der Waals surface area contributed by atoms with Gasteiger partial charge in [0.1, 0.15) is 0 Å². The molecule has 0 aliphatic carbocycles. The summed E-state index contributed by atoms with van der Waals surface area (Å²) >= 11 is 6.05. The topological polar surface area (TPSA) is 35.6 Å². The molecule has 0 bridgehead atoms. The number of carbonyl (C=O) groups excluding carboxylic acids is 1. The highest BCUT2D eigenvalue weighted by Gasteiger charge is 2.34. The predicted octanol–water partition coefficient (Wildman–Crippen LogP) is 3.12. The van der Waals surface area contributed by atoms with Crippen LogP contribution in [0.1, 0.15) is 12.0 Å². The lowest BCUT2D eigenvalue weighted by molar-refractivity contribution is -0.143. The highest BCUT2D eigenvalue weighted by atomic mass is 35.5. The molecule has 8 heteroatoms. The molecule has 1 heterocycles. The number of nitrogens with zero attached hydrogens (tertiary/aromatic N) is 2. The SMILES string of the molecule is CN(Cc1ccccc1Cl)C(=O)NC1CCN(CC(F)(F)F)C1. The normalized spacial score (nSPS) is 18.9. The number of nitrogens with one attached hydrogen (secondary N) is 1. The van der Waals surface area contributed by atoms with Gasteiger partial charge in [-0.05, 0) is 18.1 Å². The maximum Gasteiger partial charge on any atom is 0.401 e. The average molecular weight is 350 g/mol. The van der Waals surface area contributed by atoms with E-state index in [1.54, 1.807) is 19.2 Å². The summed E-state index contributed by atoms with van der Waals surface area (Å²) in [4.78, 5) is 14.9. The van der Waals surface area contributed by atoms with Gasteiger partial charge in [-0.2, -0.15) is 13.2 Å².